The predicted octanol–water partition coefficient (Wildman–Crippen LogP) is 9.43. The van der Waals surface area contributed by atoms with Crippen molar-refractivity contribution in [1.29, 1.82) is 0 Å². The summed E-state index contributed by atoms with van der Waals surface area (Å²) in [5.74, 6) is 5.92. The van der Waals surface area contributed by atoms with Crippen LogP contribution in [-0.2, 0) is 0 Å². The molecular formula is C41H62N2O2S. The maximum absolute atomic E-state index is 11.5. The molecule has 8 unspecified atom stereocenters. The summed E-state index contributed by atoms with van der Waals surface area (Å²) in [4.78, 5) is 14.2. The number of carboxylic acid groups (broad SMARTS) is 1. The summed E-state index contributed by atoms with van der Waals surface area (Å²) < 4.78 is 0. The van der Waals surface area contributed by atoms with Crippen LogP contribution >= 0.6 is 11.8 Å². The number of aromatic carboxylic acids is 1. The van der Waals surface area contributed by atoms with Crippen molar-refractivity contribution in [3.63, 3.8) is 0 Å². The molecule has 8 atom stereocenters. The first-order valence-corrected chi connectivity index (χ1v) is 19.8. The van der Waals surface area contributed by atoms with E-state index in [2.05, 4.69) is 62.3 Å². The van der Waals surface area contributed by atoms with Gasteiger partial charge in [-0.05, 0) is 134 Å². The van der Waals surface area contributed by atoms with Crippen LogP contribution in [0.25, 0.3) is 5.57 Å². The van der Waals surface area contributed by atoms with Gasteiger partial charge in [0, 0.05) is 43.2 Å². The van der Waals surface area contributed by atoms with Gasteiger partial charge in [-0.25, -0.2) is 4.79 Å². The number of carbonyl (C=O) groups is 1. The Morgan fingerprint density at radius 2 is 1.67 bits per heavy atom. The Morgan fingerprint density at radius 3 is 2.37 bits per heavy atom. The molecule has 254 valence electrons. The summed E-state index contributed by atoms with van der Waals surface area (Å²) in [7, 11) is 0. The smallest absolute Gasteiger partial charge is 0.335 e. The summed E-state index contributed by atoms with van der Waals surface area (Å²) in [5, 5.41) is 13.7. The number of allylic oxidation sites excluding steroid dienone is 3. The van der Waals surface area contributed by atoms with Crippen LogP contribution < -0.4 is 5.32 Å². The van der Waals surface area contributed by atoms with Crippen molar-refractivity contribution in [2.45, 2.75) is 104 Å². The van der Waals surface area contributed by atoms with E-state index in [-0.39, 0.29) is 5.41 Å². The second-order valence-corrected chi connectivity index (χ2v) is 18.1. The number of hydrogen-bond acceptors (Lipinski definition) is 4. The number of benzene rings is 1. The van der Waals surface area contributed by atoms with Crippen LogP contribution in [0.5, 0.6) is 0 Å². The Bertz CT molecular complexity index is 1280. The highest BCUT2D eigenvalue weighted by Crippen LogP contribution is 2.72. The van der Waals surface area contributed by atoms with Crippen LogP contribution in [0.2, 0.25) is 0 Å². The first-order chi connectivity index (χ1) is 22.0. The third kappa shape index (κ3) is 5.87. The van der Waals surface area contributed by atoms with Gasteiger partial charge in [-0.2, -0.15) is 11.8 Å². The topological polar surface area (TPSA) is 52.6 Å². The van der Waals surface area contributed by atoms with Gasteiger partial charge in [-0.15, -0.1) is 6.58 Å². The SMILES string of the molecule is C=CC.CC1(C)C(c2ccc(C(=O)O)cc2)=CCC2(C)C1CCC1(C)C3CCC4(NCCN5CCSCC5)CCCC4C3CCC12. The van der Waals surface area contributed by atoms with Crippen LogP contribution in [0, 0.1) is 45.8 Å². The summed E-state index contributed by atoms with van der Waals surface area (Å²) in [6, 6.07) is 7.67. The number of thioether (sulfide) groups is 1. The highest BCUT2D eigenvalue weighted by molar-refractivity contribution is 7.99. The zero-order chi connectivity index (χ0) is 32.7. The van der Waals surface area contributed by atoms with Crippen molar-refractivity contribution >= 4 is 23.3 Å². The standard InChI is InChI=1S/C38H56N2O2S.C3H6/c1-35(2)29(26-7-9-27(10-8-26)34(41)42)13-17-37(4)32(35)15-18-36(3)30-14-19-38(39-20-21-40-22-24-43-25-23-40)16-5-6-31(38)28(30)11-12-33(36)37;1-3-2/h7-10,13,28,30-33,39H,5-6,11-12,14-25H2,1-4H3,(H,41,42);3H,1H2,2H3. The molecule has 46 heavy (non-hydrogen) atoms. The lowest BCUT2D eigenvalue weighted by molar-refractivity contribution is -0.172. The maximum atomic E-state index is 11.5. The number of nitrogens with one attached hydrogen (secondary N) is 1. The molecule has 5 fully saturated rings. The van der Waals surface area contributed by atoms with E-state index in [1.165, 1.54) is 113 Å². The van der Waals surface area contributed by atoms with E-state index in [1.54, 1.807) is 18.2 Å². The number of rotatable bonds is 6. The van der Waals surface area contributed by atoms with Crippen molar-refractivity contribution in [3.8, 4) is 0 Å². The molecule has 1 aromatic rings. The third-order valence-corrected chi connectivity index (χ3v) is 15.5. The molecule has 0 aromatic heterocycles. The fraction of sp³-hybridized carbons (Fsp3) is 0.732. The molecule has 1 aromatic carbocycles. The van der Waals surface area contributed by atoms with E-state index >= 15 is 0 Å². The lowest BCUT2D eigenvalue weighted by Gasteiger charge is -2.68. The molecule has 1 heterocycles. The van der Waals surface area contributed by atoms with E-state index in [1.807, 2.05) is 19.1 Å². The average Bonchev–Trinajstić information content (AvgIpc) is 3.46. The summed E-state index contributed by atoms with van der Waals surface area (Å²) in [6.45, 7) is 20.6. The maximum Gasteiger partial charge on any atom is 0.335 e. The van der Waals surface area contributed by atoms with E-state index in [0.717, 1.165) is 23.7 Å². The lowest BCUT2D eigenvalue weighted by Crippen LogP contribution is -2.63. The molecule has 1 saturated heterocycles. The molecule has 5 aliphatic carbocycles. The van der Waals surface area contributed by atoms with Gasteiger partial charge in [-0.3, -0.25) is 0 Å². The average molecular weight is 647 g/mol. The minimum absolute atomic E-state index is 0.0834. The van der Waals surface area contributed by atoms with Crippen LogP contribution in [-0.4, -0.2) is 59.2 Å². The molecule has 0 spiro atoms. The van der Waals surface area contributed by atoms with Crippen LogP contribution in [0.4, 0.5) is 0 Å². The summed E-state index contributed by atoms with van der Waals surface area (Å²) in [5.41, 5.74) is 4.32. The Labute approximate surface area is 284 Å². The number of nitrogens with zero attached hydrogens (tertiary/aromatic N) is 1. The second-order valence-electron chi connectivity index (χ2n) is 16.9. The van der Waals surface area contributed by atoms with Gasteiger partial charge in [0.15, 0.2) is 0 Å². The van der Waals surface area contributed by atoms with Gasteiger partial charge in [0.1, 0.15) is 0 Å². The molecule has 1 aliphatic heterocycles. The van der Waals surface area contributed by atoms with Crippen LogP contribution in [0.15, 0.2) is 43.0 Å². The molecule has 0 radical (unpaired) electrons. The predicted molar refractivity (Wildman–Crippen MR) is 195 cm³/mol. The molecule has 7 rings (SSSR count). The quantitative estimate of drug-likeness (QED) is 0.302. The van der Waals surface area contributed by atoms with E-state index < -0.39 is 5.97 Å². The minimum atomic E-state index is -0.844. The van der Waals surface area contributed by atoms with Crippen molar-refractivity contribution in [1.82, 2.24) is 10.2 Å². The van der Waals surface area contributed by atoms with E-state index in [9.17, 15) is 9.90 Å². The molecule has 4 saturated carbocycles. The molecule has 5 heteroatoms. The molecule has 0 bridgehead atoms. The Kier molecular flexibility index (Phi) is 9.99. The second kappa shape index (κ2) is 13.4. The molecule has 2 N–H and O–H groups in total. The van der Waals surface area contributed by atoms with Crippen molar-refractivity contribution in [2.24, 2.45) is 45.8 Å². The van der Waals surface area contributed by atoms with Gasteiger partial charge < -0.3 is 15.3 Å². The van der Waals surface area contributed by atoms with Gasteiger partial charge >= 0.3 is 5.97 Å². The van der Waals surface area contributed by atoms with Crippen molar-refractivity contribution < 1.29 is 9.90 Å². The Hall–Kier alpha value is -1.56. The minimum Gasteiger partial charge on any atom is -0.478 e. The van der Waals surface area contributed by atoms with Crippen LogP contribution in [0.3, 0.4) is 0 Å². The summed E-state index contributed by atoms with van der Waals surface area (Å²) >= 11 is 2.12. The Balaban J connectivity index is 0.00000119. The molecular weight excluding hydrogens is 585 g/mol. The number of carboxylic acids is 1. The molecule has 4 nitrogen and oxygen atoms in total. The fourth-order valence-corrected chi connectivity index (χ4v) is 13.7. The zero-order valence-corrected chi connectivity index (χ0v) is 30.4. The van der Waals surface area contributed by atoms with E-state index in [4.69, 9.17) is 0 Å². The van der Waals surface area contributed by atoms with Gasteiger partial charge in [-0.1, -0.05) is 58.4 Å². The zero-order valence-electron chi connectivity index (χ0n) is 29.6. The van der Waals surface area contributed by atoms with Crippen LogP contribution in [0.1, 0.15) is 115 Å². The number of hydrogen-bond donors (Lipinski definition) is 2. The first kappa shape index (κ1) is 34.3. The lowest BCUT2D eigenvalue weighted by atomic mass is 9.37. The van der Waals surface area contributed by atoms with Crippen molar-refractivity contribution in [2.75, 3.05) is 37.7 Å². The first-order valence-electron chi connectivity index (χ1n) is 18.7. The van der Waals surface area contributed by atoms with E-state index in [0.29, 0.717) is 27.9 Å². The normalized spacial score (nSPS) is 39.8. The highest BCUT2D eigenvalue weighted by Gasteiger charge is 2.65. The Morgan fingerprint density at radius 1 is 0.957 bits per heavy atom. The molecule has 6 aliphatic rings. The largest absolute Gasteiger partial charge is 0.478 e. The third-order valence-electron chi connectivity index (χ3n) is 14.5. The fourth-order valence-electron chi connectivity index (χ4n) is 12.7. The molecule has 0 amide bonds. The highest BCUT2D eigenvalue weighted by atomic mass is 32.2. The number of fused-ring (bicyclic) bond motifs is 7. The van der Waals surface area contributed by atoms with Gasteiger partial charge in [0.2, 0.25) is 0 Å². The van der Waals surface area contributed by atoms with Gasteiger partial charge in [0.25, 0.3) is 0 Å². The van der Waals surface area contributed by atoms with Crippen molar-refractivity contribution in [3.05, 3.63) is 54.1 Å². The monoisotopic (exact) mass is 646 g/mol. The van der Waals surface area contributed by atoms with Gasteiger partial charge in [0.05, 0.1) is 5.56 Å². The summed E-state index contributed by atoms with van der Waals surface area (Å²) in [6.07, 6.45) is 18.2.